The van der Waals surface area contributed by atoms with Crippen molar-refractivity contribution in [2.24, 2.45) is 0 Å². The molecule has 1 N–H and O–H groups in total. The number of aromatic nitrogens is 2. The largest absolute Gasteiger partial charge is 0.444 e. The molecule has 7 heteroatoms. The van der Waals surface area contributed by atoms with Gasteiger partial charge in [-0.1, -0.05) is 4.49 Å². The molecule has 0 saturated carbocycles. The summed E-state index contributed by atoms with van der Waals surface area (Å²) in [5, 5.41) is 9.10. The van der Waals surface area contributed by atoms with Crippen molar-refractivity contribution in [1.29, 1.82) is 0 Å². The van der Waals surface area contributed by atoms with Crippen molar-refractivity contribution < 1.29 is 9.53 Å². The normalized spacial score (nSPS) is 11.7. The van der Waals surface area contributed by atoms with Crippen LogP contribution in [-0.4, -0.2) is 45.3 Å². The lowest BCUT2D eigenvalue weighted by atomic mass is 10.2. The fourth-order valence-corrected chi connectivity index (χ4v) is 2.01. The lowest BCUT2D eigenvalue weighted by Gasteiger charge is -2.30. The van der Waals surface area contributed by atoms with Crippen molar-refractivity contribution in [3.8, 4) is 0 Å². The molecule has 0 saturated heterocycles. The van der Waals surface area contributed by atoms with Gasteiger partial charge in [0.05, 0.1) is 5.69 Å². The molecule has 1 aromatic heterocycles. The van der Waals surface area contributed by atoms with Crippen LogP contribution >= 0.6 is 11.5 Å². The number of nitrogens with one attached hydrogen (secondary N) is 1. The van der Waals surface area contributed by atoms with E-state index >= 15 is 0 Å². The second-order valence-corrected chi connectivity index (χ2v) is 6.45. The first-order chi connectivity index (χ1) is 9.29. The minimum absolute atomic E-state index is 0.104. The smallest absolute Gasteiger partial charge is 0.410 e. The first-order valence-electron chi connectivity index (χ1n) is 6.76. The quantitative estimate of drug-likeness (QED) is 0.816. The van der Waals surface area contributed by atoms with Gasteiger partial charge in [0, 0.05) is 31.1 Å². The molecule has 0 aliphatic carbocycles. The number of hydrogen-bond donors (Lipinski definition) is 1. The summed E-state index contributed by atoms with van der Waals surface area (Å²) in [7, 11) is 0. The summed E-state index contributed by atoms with van der Waals surface area (Å²) in [5.74, 6) is 0. The minimum atomic E-state index is -0.468. The lowest BCUT2D eigenvalue weighted by Crippen LogP contribution is -2.44. The number of hydrogen-bond acceptors (Lipinski definition) is 6. The van der Waals surface area contributed by atoms with E-state index in [1.165, 1.54) is 11.5 Å². The molecular formula is C13H24N4O2S. The highest BCUT2D eigenvalue weighted by Gasteiger charge is 2.23. The van der Waals surface area contributed by atoms with E-state index < -0.39 is 5.60 Å². The van der Waals surface area contributed by atoms with E-state index in [4.69, 9.17) is 4.74 Å². The Morgan fingerprint density at radius 1 is 1.50 bits per heavy atom. The van der Waals surface area contributed by atoms with Gasteiger partial charge in [-0.25, -0.2) is 4.79 Å². The summed E-state index contributed by atoms with van der Waals surface area (Å²) < 4.78 is 9.20. The van der Waals surface area contributed by atoms with Gasteiger partial charge in [-0.15, -0.1) is 5.10 Å². The zero-order chi connectivity index (χ0) is 15.2. The van der Waals surface area contributed by atoms with Crippen LogP contribution in [0.2, 0.25) is 0 Å². The van der Waals surface area contributed by atoms with Crippen LogP contribution in [0.25, 0.3) is 0 Å². The highest BCUT2D eigenvalue weighted by Crippen LogP contribution is 2.11. The van der Waals surface area contributed by atoms with E-state index in [1.807, 2.05) is 40.0 Å². The SMILES string of the molecule is CC(C)N(CCNCc1csnn1)C(=O)OC(C)(C)C. The summed E-state index contributed by atoms with van der Waals surface area (Å²) in [6.45, 7) is 11.5. The standard InChI is InChI=1S/C13H24N4O2S/c1-10(2)17(12(18)19-13(3,4)5)7-6-14-8-11-9-20-16-15-11/h9-10,14H,6-8H2,1-5H3. The highest BCUT2D eigenvalue weighted by atomic mass is 32.1. The van der Waals surface area contributed by atoms with Crippen LogP contribution in [-0.2, 0) is 11.3 Å². The predicted molar refractivity (Wildman–Crippen MR) is 79.7 cm³/mol. The Morgan fingerprint density at radius 3 is 2.70 bits per heavy atom. The molecule has 0 aliphatic heterocycles. The van der Waals surface area contributed by atoms with Crippen LogP contribution in [0.4, 0.5) is 4.79 Å². The van der Waals surface area contributed by atoms with Gasteiger partial charge >= 0.3 is 6.09 Å². The molecule has 1 aromatic rings. The molecule has 0 bridgehead atoms. The fraction of sp³-hybridized carbons (Fsp3) is 0.769. The van der Waals surface area contributed by atoms with Gasteiger partial charge in [-0.3, -0.25) is 0 Å². The molecule has 1 rings (SSSR count). The summed E-state index contributed by atoms with van der Waals surface area (Å²) in [6, 6.07) is 0.104. The third kappa shape index (κ3) is 6.29. The molecule has 20 heavy (non-hydrogen) atoms. The Hall–Kier alpha value is -1.21. The molecule has 0 aliphatic rings. The second-order valence-electron chi connectivity index (χ2n) is 5.84. The summed E-state index contributed by atoms with van der Waals surface area (Å²) in [6.07, 6.45) is -0.273. The average Bonchev–Trinajstić information content (AvgIpc) is 2.78. The van der Waals surface area contributed by atoms with Gasteiger partial charge in [0.15, 0.2) is 0 Å². The Labute approximate surface area is 124 Å². The fourth-order valence-electron chi connectivity index (χ4n) is 1.56. The van der Waals surface area contributed by atoms with Gasteiger partial charge in [-0.05, 0) is 46.2 Å². The van der Waals surface area contributed by atoms with Crippen LogP contribution in [0.1, 0.15) is 40.3 Å². The zero-order valence-electron chi connectivity index (χ0n) is 12.8. The van der Waals surface area contributed by atoms with Crippen molar-refractivity contribution in [1.82, 2.24) is 19.8 Å². The predicted octanol–water partition coefficient (Wildman–Crippen LogP) is 2.27. The highest BCUT2D eigenvalue weighted by molar-refractivity contribution is 7.03. The van der Waals surface area contributed by atoms with E-state index in [9.17, 15) is 4.79 Å². The number of carbonyl (C=O) groups is 1. The number of ether oxygens (including phenoxy) is 1. The van der Waals surface area contributed by atoms with Crippen LogP contribution in [0.5, 0.6) is 0 Å². The van der Waals surface area contributed by atoms with Crippen LogP contribution in [0.3, 0.4) is 0 Å². The molecule has 0 radical (unpaired) electrons. The Morgan fingerprint density at radius 2 is 2.20 bits per heavy atom. The molecule has 0 spiro atoms. The van der Waals surface area contributed by atoms with Crippen molar-refractivity contribution >= 4 is 17.6 Å². The first kappa shape index (κ1) is 16.8. The summed E-state index contributed by atoms with van der Waals surface area (Å²) >= 11 is 1.33. The Bertz CT molecular complexity index is 401. The van der Waals surface area contributed by atoms with Gasteiger partial charge in [0.1, 0.15) is 5.60 Å². The van der Waals surface area contributed by atoms with Gasteiger partial charge < -0.3 is 15.0 Å². The molecule has 114 valence electrons. The second kappa shape index (κ2) is 7.54. The van der Waals surface area contributed by atoms with E-state index in [0.717, 1.165) is 5.69 Å². The van der Waals surface area contributed by atoms with E-state index in [0.29, 0.717) is 19.6 Å². The monoisotopic (exact) mass is 300 g/mol. The topological polar surface area (TPSA) is 67.3 Å². The zero-order valence-corrected chi connectivity index (χ0v) is 13.7. The van der Waals surface area contributed by atoms with Crippen LogP contribution < -0.4 is 5.32 Å². The molecular weight excluding hydrogens is 276 g/mol. The Kier molecular flexibility index (Phi) is 6.35. The van der Waals surface area contributed by atoms with Crippen LogP contribution in [0.15, 0.2) is 5.38 Å². The van der Waals surface area contributed by atoms with Crippen molar-refractivity contribution in [2.45, 2.75) is 52.8 Å². The third-order valence-corrected chi connectivity index (χ3v) is 3.05. The van der Waals surface area contributed by atoms with Crippen molar-refractivity contribution in [2.75, 3.05) is 13.1 Å². The minimum Gasteiger partial charge on any atom is -0.444 e. The van der Waals surface area contributed by atoms with Crippen molar-refractivity contribution in [3.05, 3.63) is 11.1 Å². The molecule has 1 amide bonds. The van der Waals surface area contributed by atoms with E-state index in [1.54, 1.807) is 4.90 Å². The summed E-state index contributed by atoms with van der Waals surface area (Å²) in [5.41, 5.74) is 0.451. The number of carbonyl (C=O) groups excluding carboxylic acids is 1. The molecule has 0 unspecified atom stereocenters. The first-order valence-corrected chi connectivity index (χ1v) is 7.59. The molecule has 0 aromatic carbocycles. The Balaban J connectivity index is 2.37. The molecule has 0 fully saturated rings. The molecule has 0 atom stereocenters. The maximum absolute atomic E-state index is 12.1. The molecule has 1 heterocycles. The number of rotatable bonds is 6. The van der Waals surface area contributed by atoms with E-state index in [2.05, 4.69) is 14.9 Å². The number of amides is 1. The van der Waals surface area contributed by atoms with E-state index in [-0.39, 0.29) is 12.1 Å². The maximum atomic E-state index is 12.1. The lowest BCUT2D eigenvalue weighted by molar-refractivity contribution is 0.0193. The number of nitrogens with zero attached hydrogens (tertiary/aromatic N) is 3. The maximum Gasteiger partial charge on any atom is 0.410 e. The van der Waals surface area contributed by atoms with Gasteiger partial charge in [0.2, 0.25) is 0 Å². The average molecular weight is 300 g/mol. The van der Waals surface area contributed by atoms with Crippen molar-refractivity contribution in [3.63, 3.8) is 0 Å². The van der Waals surface area contributed by atoms with Gasteiger partial charge in [-0.2, -0.15) is 0 Å². The third-order valence-electron chi connectivity index (χ3n) is 2.49. The van der Waals surface area contributed by atoms with Crippen LogP contribution in [0, 0.1) is 0 Å². The van der Waals surface area contributed by atoms with Gasteiger partial charge in [0.25, 0.3) is 0 Å². The summed E-state index contributed by atoms with van der Waals surface area (Å²) in [4.78, 5) is 13.8. The molecule has 6 nitrogen and oxygen atoms in total.